The van der Waals surface area contributed by atoms with Gasteiger partial charge in [-0.15, -0.1) is 0 Å². The summed E-state index contributed by atoms with van der Waals surface area (Å²) in [6.45, 7) is 7.79. The van der Waals surface area contributed by atoms with Crippen molar-refractivity contribution in [2.24, 2.45) is 11.1 Å². The second-order valence-corrected chi connectivity index (χ2v) is 5.26. The number of rotatable bonds is 4. The van der Waals surface area contributed by atoms with E-state index < -0.39 is 0 Å². The summed E-state index contributed by atoms with van der Waals surface area (Å²) in [5.74, 6) is 0. The summed E-state index contributed by atoms with van der Waals surface area (Å²) in [6, 6.07) is 0.428. The van der Waals surface area contributed by atoms with Gasteiger partial charge in [0.15, 0.2) is 0 Å². The van der Waals surface area contributed by atoms with Crippen molar-refractivity contribution in [3.8, 4) is 0 Å². The van der Waals surface area contributed by atoms with E-state index in [4.69, 9.17) is 10.5 Å². The Balaban J connectivity index is 1.58. The third-order valence-corrected chi connectivity index (χ3v) is 3.46. The predicted molar refractivity (Wildman–Crippen MR) is 57.2 cm³/mol. The third kappa shape index (κ3) is 2.47. The molecule has 3 heteroatoms. The van der Waals surface area contributed by atoms with Crippen molar-refractivity contribution >= 4 is 0 Å². The molecule has 0 aromatic heterocycles. The van der Waals surface area contributed by atoms with Crippen molar-refractivity contribution in [3.63, 3.8) is 0 Å². The van der Waals surface area contributed by atoms with Crippen molar-refractivity contribution in [1.82, 2.24) is 4.90 Å². The molecule has 2 saturated heterocycles. The van der Waals surface area contributed by atoms with E-state index in [9.17, 15) is 0 Å². The number of nitrogens with zero attached hydrogens (tertiary/aromatic N) is 1. The minimum Gasteiger partial charge on any atom is -0.380 e. The molecular weight excluding hydrogens is 176 g/mol. The van der Waals surface area contributed by atoms with Crippen molar-refractivity contribution in [3.05, 3.63) is 0 Å². The number of hydrogen-bond donors (Lipinski definition) is 1. The van der Waals surface area contributed by atoms with Gasteiger partial charge in [0.25, 0.3) is 0 Å². The molecule has 2 aliphatic heterocycles. The Hall–Kier alpha value is -0.120. The van der Waals surface area contributed by atoms with Gasteiger partial charge in [0, 0.05) is 18.0 Å². The lowest BCUT2D eigenvalue weighted by atomic mass is 9.84. The van der Waals surface area contributed by atoms with Gasteiger partial charge < -0.3 is 15.4 Å². The molecule has 1 unspecified atom stereocenters. The van der Waals surface area contributed by atoms with Crippen LogP contribution >= 0.6 is 0 Å². The summed E-state index contributed by atoms with van der Waals surface area (Å²) in [7, 11) is 0. The van der Waals surface area contributed by atoms with Crippen LogP contribution in [0.2, 0.25) is 0 Å². The molecule has 0 radical (unpaired) electrons. The largest absolute Gasteiger partial charge is 0.380 e. The molecule has 0 amide bonds. The van der Waals surface area contributed by atoms with E-state index in [1.165, 1.54) is 32.4 Å². The molecule has 3 nitrogen and oxygen atoms in total. The highest BCUT2D eigenvalue weighted by Crippen LogP contribution is 2.31. The monoisotopic (exact) mass is 198 g/mol. The van der Waals surface area contributed by atoms with E-state index in [-0.39, 0.29) is 0 Å². The fourth-order valence-electron chi connectivity index (χ4n) is 2.39. The Morgan fingerprint density at radius 1 is 1.50 bits per heavy atom. The molecule has 0 saturated carbocycles. The molecular formula is C11H22N2O. The molecule has 82 valence electrons. The molecule has 2 heterocycles. The summed E-state index contributed by atoms with van der Waals surface area (Å²) in [5, 5.41) is 0. The van der Waals surface area contributed by atoms with Gasteiger partial charge in [-0.1, -0.05) is 6.92 Å². The molecule has 0 spiro atoms. The lowest BCUT2D eigenvalue weighted by Gasteiger charge is -2.38. The van der Waals surface area contributed by atoms with Gasteiger partial charge >= 0.3 is 0 Å². The van der Waals surface area contributed by atoms with Gasteiger partial charge in [0.2, 0.25) is 0 Å². The summed E-state index contributed by atoms with van der Waals surface area (Å²) in [4.78, 5) is 2.49. The molecule has 1 atom stereocenters. The van der Waals surface area contributed by atoms with Crippen LogP contribution in [-0.4, -0.2) is 43.8 Å². The van der Waals surface area contributed by atoms with Gasteiger partial charge in [-0.25, -0.2) is 0 Å². The van der Waals surface area contributed by atoms with Gasteiger partial charge in [0.05, 0.1) is 13.2 Å². The molecule has 14 heavy (non-hydrogen) atoms. The second-order valence-electron chi connectivity index (χ2n) is 5.26. The van der Waals surface area contributed by atoms with Crippen LogP contribution in [0.25, 0.3) is 0 Å². The number of hydrogen-bond acceptors (Lipinski definition) is 3. The number of likely N-dealkylation sites (tertiary alicyclic amines) is 1. The minimum absolute atomic E-state index is 0.428. The Morgan fingerprint density at radius 2 is 2.29 bits per heavy atom. The molecule has 2 rings (SSSR count). The van der Waals surface area contributed by atoms with Crippen LogP contribution in [0.5, 0.6) is 0 Å². The van der Waals surface area contributed by atoms with Gasteiger partial charge in [0.1, 0.15) is 0 Å². The van der Waals surface area contributed by atoms with Gasteiger partial charge in [-0.3, -0.25) is 0 Å². The second kappa shape index (κ2) is 4.17. The zero-order valence-electron chi connectivity index (χ0n) is 9.17. The molecule has 2 aliphatic rings. The smallest absolute Gasteiger partial charge is 0.0542 e. The first-order chi connectivity index (χ1) is 6.68. The molecule has 2 N–H and O–H groups in total. The average molecular weight is 198 g/mol. The normalized spacial score (nSPS) is 31.7. The van der Waals surface area contributed by atoms with E-state index >= 15 is 0 Å². The fraction of sp³-hybridized carbons (Fsp3) is 1.00. The first-order valence-corrected chi connectivity index (χ1v) is 5.74. The van der Waals surface area contributed by atoms with Gasteiger partial charge in [-0.05, 0) is 32.4 Å². The van der Waals surface area contributed by atoms with Crippen LogP contribution in [0.3, 0.4) is 0 Å². The summed E-state index contributed by atoms with van der Waals surface area (Å²) in [6.07, 6.45) is 3.78. The molecule has 0 aromatic rings. The number of ether oxygens (including phenoxy) is 1. The van der Waals surface area contributed by atoms with Crippen LogP contribution in [0.15, 0.2) is 0 Å². The highest BCUT2D eigenvalue weighted by Gasteiger charge is 2.32. The summed E-state index contributed by atoms with van der Waals surface area (Å²) >= 11 is 0. The molecule has 0 bridgehead atoms. The Morgan fingerprint density at radius 3 is 2.79 bits per heavy atom. The van der Waals surface area contributed by atoms with Crippen molar-refractivity contribution in [2.45, 2.75) is 32.2 Å². The average Bonchev–Trinajstić information content (AvgIpc) is 2.49. The zero-order chi connectivity index (χ0) is 10.0. The Bertz CT molecular complexity index is 192. The SMILES string of the molecule is CC1(CCCN2CCC(N)C2)COC1. The van der Waals surface area contributed by atoms with E-state index in [0.717, 1.165) is 19.8 Å². The maximum atomic E-state index is 5.86. The molecule has 0 aromatic carbocycles. The lowest BCUT2D eigenvalue weighted by molar-refractivity contribution is -0.107. The maximum absolute atomic E-state index is 5.86. The summed E-state index contributed by atoms with van der Waals surface area (Å²) < 4.78 is 5.24. The van der Waals surface area contributed by atoms with E-state index in [1.54, 1.807) is 0 Å². The summed E-state index contributed by atoms with van der Waals surface area (Å²) in [5.41, 5.74) is 6.35. The highest BCUT2D eigenvalue weighted by atomic mass is 16.5. The predicted octanol–water partition coefficient (Wildman–Crippen LogP) is 0.836. The Labute approximate surface area is 86.6 Å². The molecule has 2 fully saturated rings. The topological polar surface area (TPSA) is 38.5 Å². The molecule has 0 aliphatic carbocycles. The first kappa shape index (κ1) is 10.4. The van der Waals surface area contributed by atoms with Crippen LogP contribution in [0.1, 0.15) is 26.2 Å². The fourth-order valence-corrected chi connectivity index (χ4v) is 2.39. The van der Waals surface area contributed by atoms with Crippen molar-refractivity contribution < 1.29 is 4.74 Å². The first-order valence-electron chi connectivity index (χ1n) is 5.74. The van der Waals surface area contributed by atoms with E-state index in [0.29, 0.717) is 11.5 Å². The van der Waals surface area contributed by atoms with Crippen LogP contribution in [0.4, 0.5) is 0 Å². The van der Waals surface area contributed by atoms with E-state index in [2.05, 4.69) is 11.8 Å². The minimum atomic E-state index is 0.428. The van der Waals surface area contributed by atoms with Crippen molar-refractivity contribution in [1.29, 1.82) is 0 Å². The Kier molecular flexibility index (Phi) is 3.10. The lowest BCUT2D eigenvalue weighted by Crippen LogP contribution is -2.40. The highest BCUT2D eigenvalue weighted by molar-refractivity contribution is 4.82. The maximum Gasteiger partial charge on any atom is 0.0542 e. The number of nitrogens with two attached hydrogens (primary N) is 1. The quantitative estimate of drug-likeness (QED) is 0.727. The third-order valence-electron chi connectivity index (χ3n) is 3.46. The van der Waals surface area contributed by atoms with Gasteiger partial charge in [-0.2, -0.15) is 0 Å². The standard InChI is InChI=1S/C11H22N2O/c1-11(8-14-9-11)4-2-5-13-6-3-10(12)7-13/h10H,2-9,12H2,1H3. The van der Waals surface area contributed by atoms with E-state index in [1.807, 2.05) is 0 Å². The van der Waals surface area contributed by atoms with Crippen molar-refractivity contribution in [2.75, 3.05) is 32.8 Å². The van der Waals surface area contributed by atoms with Crippen LogP contribution < -0.4 is 5.73 Å². The zero-order valence-corrected chi connectivity index (χ0v) is 9.17. The van der Waals surface area contributed by atoms with Crippen LogP contribution in [0, 0.1) is 5.41 Å². The van der Waals surface area contributed by atoms with Crippen LogP contribution in [-0.2, 0) is 4.74 Å².